The highest BCUT2D eigenvalue weighted by molar-refractivity contribution is 7.98. The van der Waals surface area contributed by atoms with Crippen LogP contribution in [-0.4, -0.2) is 35.5 Å². The molecule has 0 spiro atoms. The number of halogens is 1. The Bertz CT molecular complexity index is 795. The molecule has 0 saturated carbocycles. The number of thioether (sulfide) groups is 1. The third kappa shape index (κ3) is 9.08. The number of anilines is 1. The average Bonchev–Trinajstić information content (AvgIpc) is 2.77. The molecule has 31 heavy (non-hydrogen) atoms. The summed E-state index contributed by atoms with van der Waals surface area (Å²) in [6.45, 7) is 9.15. The van der Waals surface area contributed by atoms with Gasteiger partial charge in [0.25, 0.3) is 5.91 Å². The van der Waals surface area contributed by atoms with Crippen molar-refractivity contribution >= 4 is 35.1 Å². The molecule has 0 radical (unpaired) electrons. The van der Waals surface area contributed by atoms with Crippen LogP contribution in [0.1, 0.15) is 75.2 Å². The van der Waals surface area contributed by atoms with Gasteiger partial charge >= 0.3 is 0 Å². The molecule has 0 fully saturated rings. The first kappa shape index (κ1) is 25.5. The molecular formula is C24H35ClN4OS. The third-order valence-corrected chi connectivity index (χ3v) is 5.98. The highest BCUT2D eigenvalue weighted by Gasteiger charge is 2.11. The molecule has 0 unspecified atom stereocenters. The van der Waals surface area contributed by atoms with Crippen LogP contribution in [0.3, 0.4) is 0 Å². The van der Waals surface area contributed by atoms with Gasteiger partial charge in [0.1, 0.15) is 11.0 Å². The number of aromatic nitrogens is 2. The Morgan fingerprint density at radius 1 is 1.00 bits per heavy atom. The molecule has 1 heterocycles. The number of nitrogens with one attached hydrogen (secondary N) is 1. The minimum Gasteiger partial charge on any atom is -0.356 e. The van der Waals surface area contributed by atoms with E-state index in [1.165, 1.54) is 12.8 Å². The smallest absolute Gasteiger partial charge is 0.251 e. The molecule has 0 bridgehead atoms. The number of rotatable bonds is 14. The summed E-state index contributed by atoms with van der Waals surface area (Å²) in [6, 6.07) is 9.58. The van der Waals surface area contributed by atoms with Crippen LogP contribution in [0.2, 0.25) is 5.15 Å². The molecule has 5 nitrogen and oxygen atoms in total. The molecule has 1 aromatic carbocycles. The van der Waals surface area contributed by atoms with Crippen molar-refractivity contribution in [1.82, 2.24) is 15.3 Å². The largest absolute Gasteiger partial charge is 0.356 e. The van der Waals surface area contributed by atoms with Crippen molar-refractivity contribution in [3.05, 3.63) is 46.6 Å². The van der Waals surface area contributed by atoms with Gasteiger partial charge in [-0.1, -0.05) is 75.5 Å². The average molecular weight is 463 g/mol. The standard InChI is InChI=1S/C24H35ClN4OS/c1-4-7-8-9-14-26-23(30)20-12-10-19(11-13-20)18-31-24-27-21(25)17-22(28-24)29(15-5-2)16-6-3/h10-13,17H,4-9,14-16,18H2,1-3H3,(H,26,30). The van der Waals surface area contributed by atoms with Gasteiger partial charge in [0, 0.05) is 37.0 Å². The topological polar surface area (TPSA) is 58.1 Å². The van der Waals surface area contributed by atoms with Crippen LogP contribution in [0.5, 0.6) is 0 Å². The lowest BCUT2D eigenvalue weighted by Gasteiger charge is -2.22. The van der Waals surface area contributed by atoms with Crippen LogP contribution in [0, 0.1) is 0 Å². The number of hydrogen-bond acceptors (Lipinski definition) is 5. The summed E-state index contributed by atoms with van der Waals surface area (Å²) in [5.74, 6) is 1.60. The summed E-state index contributed by atoms with van der Waals surface area (Å²) in [7, 11) is 0. The minimum absolute atomic E-state index is 0.00884. The van der Waals surface area contributed by atoms with E-state index in [2.05, 4.69) is 36.0 Å². The number of unbranched alkanes of at least 4 members (excludes halogenated alkanes) is 3. The molecule has 7 heteroatoms. The second kappa shape index (κ2) is 14.3. The second-order valence-electron chi connectivity index (χ2n) is 7.62. The molecular weight excluding hydrogens is 428 g/mol. The number of carbonyl (C=O) groups is 1. The van der Waals surface area contributed by atoms with Gasteiger partial charge in [-0.2, -0.15) is 0 Å². The summed E-state index contributed by atoms with van der Waals surface area (Å²) in [6.07, 6.45) is 6.73. The van der Waals surface area contributed by atoms with Gasteiger partial charge in [-0.05, 0) is 37.0 Å². The quantitative estimate of drug-likeness (QED) is 0.153. The molecule has 1 aromatic heterocycles. The van der Waals surface area contributed by atoms with Gasteiger partial charge in [-0.3, -0.25) is 4.79 Å². The normalized spacial score (nSPS) is 10.8. The van der Waals surface area contributed by atoms with E-state index >= 15 is 0 Å². The van der Waals surface area contributed by atoms with Crippen LogP contribution in [-0.2, 0) is 5.75 Å². The van der Waals surface area contributed by atoms with Crippen molar-refractivity contribution in [3.8, 4) is 0 Å². The first-order valence-corrected chi connectivity index (χ1v) is 12.7. The molecule has 170 valence electrons. The van der Waals surface area contributed by atoms with Gasteiger partial charge < -0.3 is 10.2 Å². The van der Waals surface area contributed by atoms with Gasteiger partial charge in [-0.25, -0.2) is 9.97 Å². The molecule has 2 aromatic rings. The van der Waals surface area contributed by atoms with E-state index < -0.39 is 0 Å². The zero-order valence-electron chi connectivity index (χ0n) is 19.0. The monoisotopic (exact) mass is 462 g/mol. The molecule has 0 aliphatic rings. The number of hydrogen-bond donors (Lipinski definition) is 1. The summed E-state index contributed by atoms with van der Waals surface area (Å²) >= 11 is 7.82. The van der Waals surface area contributed by atoms with Crippen LogP contribution in [0.25, 0.3) is 0 Å². The molecule has 1 N–H and O–H groups in total. The van der Waals surface area contributed by atoms with E-state index in [4.69, 9.17) is 16.6 Å². The first-order chi connectivity index (χ1) is 15.1. The first-order valence-electron chi connectivity index (χ1n) is 11.4. The van der Waals surface area contributed by atoms with Crippen molar-refractivity contribution in [1.29, 1.82) is 0 Å². The summed E-state index contributed by atoms with van der Waals surface area (Å²) in [4.78, 5) is 23.6. The molecule has 2 rings (SSSR count). The van der Waals surface area contributed by atoms with E-state index in [0.29, 0.717) is 15.9 Å². The van der Waals surface area contributed by atoms with E-state index in [-0.39, 0.29) is 5.91 Å². The van der Waals surface area contributed by atoms with E-state index in [1.54, 1.807) is 11.8 Å². The SMILES string of the molecule is CCCCCCNC(=O)c1ccc(CSc2nc(Cl)cc(N(CCC)CCC)n2)cc1. The maximum atomic E-state index is 12.3. The predicted molar refractivity (Wildman–Crippen MR) is 132 cm³/mol. The highest BCUT2D eigenvalue weighted by atomic mass is 35.5. The van der Waals surface area contributed by atoms with Crippen molar-refractivity contribution in [2.45, 2.75) is 70.2 Å². The Labute approximate surface area is 196 Å². The summed E-state index contributed by atoms with van der Waals surface area (Å²) < 4.78 is 0. The number of nitrogens with zero attached hydrogens (tertiary/aromatic N) is 3. The fraction of sp³-hybridized carbons (Fsp3) is 0.542. The Hall–Kier alpha value is -1.79. The Balaban J connectivity index is 1.92. The lowest BCUT2D eigenvalue weighted by atomic mass is 10.1. The van der Waals surface area contributed by atoms with E-state index in [1.807, 2.05) is 30.3 Å². The predicted octanol–water partition coefficient (Wildman–Crippen LogP) is 6.36. The van der Waals surface area contributed by atoms with Crippen molar-refractivity contribution < 1.29 is 4.79 Å². The third-order valence-electron chi connectivity index (χ3n) is 4.87. The van der Waals surface area contributed by atoms with Gasteiger partial charge in [-0.15, -0.1) is 0 Å². The Morgan fingerprint density at radius 3 is 2.35 bits per heavy atom. The van der Waals surface area contributed by atoms with Crippen LogP contribution >= 0.6 is 23.4 Å². The summed E-state index contributed by atoms with van der Waals surface area (Å²) in [5, 5.41) is 4.14. The van der Waals surface area contributed by atoms with E-state index in [9.17, 15) is 4.79 Å². The van der Waals surface area contributed by atoms with Gasteiger partial charge in [0.05, 0.1) is 0 Å². The maximum Gasteiger partial charge on any atom is 0.251 e. The summed E-state index contributed by atoms with van der Waals surface area (Å²) in [5.41, 5.74) is 1.81. The van der Waals surface area contributed by atoms with Crippen LogP contribution in [0.4, 0.5) is 5.82 Å². The molecule has 0 atom stereocenters. The molecule has 1 amide bonds. The van der Waals surface area contributed by atoms with Crippen molar-refractivity contribution in [2.24, 2.45) is 0 Å². The number of amides is 1. The minimum atomic E-state index is -0.00884. The van der Waals surface area contributed by atoms with Gasteiger partial charge in [0.2, 0.25) is 0 Å². The zero-order chi connectivity index (χ0) is 22.5. The fourth-order valence-corrected chi connectivity index (χ4v) is 4.29. The number of carbonyl (C=O) groups excluding carboxylic acids is 1. The molecule has 0 aliphatic carbocycles. The van der Waals surface area contributed by atoms with Crippen molar-refractivity contribution in [3.63, 3.8) is 0 Å². The molecule has 0 saturated heterocycles. The van der Waals surface area contributed by atoms with Crippen molar-refractivity contribution in [2.75, 3.05) is 24.5 Å². The Kier molecular flexibility index (Phi) is 11.8. The van der Waals surface area contributed by atoms with Gasteiger partial charge in [0.15, 0.2) is 5.16 Å². The lowest BCUT2D eigenvalue weighted by molar-refractivity contribution is 0.0953. The van der Waals surface area contributed by atoms with Crippen LogP contribution in [0.15, 0.2) is 35.5 Å². The maximum absolute atomic E-state index is 12.3. The molecule has 0 aliphatic heterocycles. The highest BCUT2D eigenvalue weighted by Crippen LogP contribution is 2.25. The second-order valence-corrected chi connectivity index (χ2v) is 8.95. The Morgan fingerprint density at radius 2 is 1.71 bits per heavy atom. The van der Waals surface area contributed by atoms with Crippen LogP contribution < -0.4 is 10.2 Å². The zero-order valence-corrected chi connectivity index (χ0v) is 20.6. The fourth-order valence-electron chi connectivity index (χ4n) is 3.25. The number of benzene rings is 1. The van der Waals surface area contributed by atoms with E-state index in [0.717, 1.165) is 62.5 Å². The lowest BCUT2D eigenvalue weighted by Crippen LogP contribution is -2.26.